The van der Waals surface area contributed by atoms with E-state index in [9.17, 15) is 18.4 Å². The van der Waals surface area contributed by atoms with E-state index in [-0.39, 0.29) is 23.7 Å². The van der Waals surface area contributed by atoms with Crippen LogP contribution < -0.4 is 5.56 Å². The number of aromatic amines is 1. The summed E-state index contributed by atoms with van der Waals surface area (Å²) in [5.41, 5.74) is 0.467. The Kier molecular flexibility index (Phi) is 3.98. The van der Waals surface area contributed by atoms with Crippen molar-refractivity contribution in [1.29, 1.82) is 0 Å². The van der Waals surface area contributed by atoms with Crippen molar-refractivity contribution in [3.05, 3.63) is 69.1 Å². The van der Waals surface area contributed by atoms with Crippen LogP contribution >= 0.6 is 0 Å². The number of hydrogen-bond acceptors (Lipinski definition) is 2. The Morgan fingerprint density at radius 2 is 2.00 bits per heavy atom. The molecule has 1 saturated carbocycles. The van der Waals surface area contributed by atoms with Gasteiger partial charge in [-0.25, -0.2) is 8.78 Å². The molecule has 2 aromatic rings. The normalized spacial score (nSPS) is 13.9. The predicted octanol–water partition coefficient (Wildman–Crippen LogP) is 2.77. The highest BCUT2D eigenvalue weighted by Gasteiger charge is 2.34. The predicted molar refractivity (Wildman–Crippen MR) is 81.1 cm³/mol. The van der Waals surface area contributed by atoms with Gasteiger partial charge in [0.05, 0.1) is 0 Å². The lowest BCUT2D eigenvalue weighted by molar-refractivity contribution is 0.0726. The second kappa shape index (κ2) is 5.95. The summed E-state index contributed by atoms with van der Waals surface area (Å²) in [5, 5.41) is 0. The molecule has 1 aromatic carbocycles. The minimum Gasteiger partial charge on any atom is -0.331 e. The zero-order valence-electron chi connectivity index (χ0n) is 12.6. The van der Waals surface area contributed by atoms with Crippen molar-refractivity contribution in [3.63, 3.8) is 0 Å². The molecule has 120 valence electrons. The number of nitrogens with zero attached hydrogens (tertiary/aromatic N) is 1. The fourth-order valence-electron chi connectivity index (χ4n) is 2.48. The summed E-state index contributed by atoms with van der Waals surface area (Å²) >= 11 is 0. The summed E-state index contributed by atoms with van der Waals surface area (Å²) in [6, 6.07) is 6.40. The van der Waals surface area contributed by atoms with Crippen LogP contribution in [0.25, 0.3) is 0 Å². The lowest BCUT2D eigenvalue weighted by Crippen LogP contribution is -2.36. The van der Waals surface area contributed by atoms with Crippen LogP contribution in [0, 0.1) is 18.6 Å². The molecule has 4 nitrogen and oxygen atoms in total. The van der Waals surface area contributed by atoms with Crippen LogP contribution in [0.3, 0.4) is 0 Å². The third-order valence-electron chi connectivity index (χ3n) is 3.89. The highest BCUT2D eigenvalue weighted by Crippen LogP contribution is 2.30. The second-order valence-electron chi connectivity index (χ2n) is 5.78. The van der Waals surface area contributed by atoms with E-state index in [0.29, 0.717) is 5.69 Å². The molecule has 0 unspecified atom stereocenters. The number of pyridine rings is 1. The molecule has 23 heavy (non-hydrogen) atoms. The van der Waals surface area contributed by atoms with Gasteiger partial charge in [0.25, 0.3) is 11.5 Å². The van der Waals surface area contributed by atoms with E-state index < -0.39 is 23.1 Å². The van der Waals surface area contributed by atoms with Crippen LogP contribution in [0.1, 0.15) is 34.5 Å². The summed E-state index contributed by atoms with van der Waals surface area (Å²) < 4.78 is 26.9. The Hall–Kier alpha value is -2.50. The molecule has 1 N–H and O–H groups in total. The summed E-state index contributed by atoms with van der Waals surface area (Å²) in [6.07, 6.45) is 1.64. The van der Waals surface area contributed by atoms with E-state index in [4.69, 9.17) is 0 Å². The number of carbonyl (C=O) groups excluding carboxylic acids is 1. The van der Waals surface area contributed by atoms with Gasteiger partial charge < -0.3 is 9.88 Å². The third kappa shape index (κ3) is 3.31. The van der Waals surface area contributed by atoms with Gasteiger partial charge in [0.2, 0.25) is 0 Å². The third-order valence-corrected chi connectivity index (χ3v) is 3.89. The maximum atomic E-state index is 13.8. The van der Waals surface area contributed by atoms with Crippen molar-refractivity contribution in [1.82, 2.24) is 9.88 Å². The monoisotopic (exact) mass is 318 g/mol. The summed E-state index contributed by atoms with van der Waals surface area (Å²) in [7, 11) is 0. The van der Waals surface area contributed by atoms with Crippen LogP contribution in [-0.2, 0) is 6.54 Å². The molecule has 0 bridgehead atoms. The van der Waals surface area contributed by atoms with Crippen LogP contribution in [0.5, 0.6) is 0 Å². The van der Waals surface area contributed by atoms with Gasteiger partial charge in [0, 0.05) is 29.9 Å². The van der Waals surface area contributed by atoms with Gasteiger partial charge in [-0.3, -0.25) is 9.59 Å². The Labute approximate surface area is 131 Å². The van der Waals surface area contributed by atoms with Gasteiger partial charge in [0.1, 0.15) is 17.2 Å². The minimum atomic E-state index is -0.693. The SMILES string of the molecule is Cc1ccc(C(=O)N(Cc2ccc(F)cc2F)C2CC2)c(=O)[nH]1. The van der Waals surface area contributed by atoms with Crippen molar-refractivity contribution in [2.75, 3.05) is 0 Å². The second-order valence-corrected chi connectivity index (χ2v) is 5.78. The number of nitrogens with one attached hydrogen (secondary N) is 1. The first kappa shape index (κ1) is 15.4. The van der Waals surface area contributed by atoms with Crippen LogP contribution in [0.4, 0.5) is 8.78 Å². The summed E-state index contributed by atoms with van der Waals surface area (Å²) in [4.78, 5) is 28.7. The number of hydrogen-bond donors (Lipinski definition) is 1. The van der Waals surface area contributed by atoms with Crippen molar-refractivity contribution >= 4 is 5.91 Å². The number of aromatic nitrogens is 1. The number of aryl methyl sites for hydroxylation is 1. The average molecular weight is 318 g/mol. The van der Waals surface area contributed by atoms with E-state index in [0.717, 1.165) is 25.0 Å². The van der Waals surface area contributed by atoms with Gasteiger partial charge in [-0.2, -0.15) is 0 Å². The van der Waals surface area contributed by atoms with E-state index in [1.165, 1.54) is 17.0 Å². The van der Waals surface area contributed by atoms with E-state index in [2.05, 4.69) is 4.98 Å². The molecule has 0 radical (unpaired) electrons. The quantitative estimate of drug-likeness (QED) is 0.942. The van der Waals surface area contributed by atoms with Crippen LogP contribution in [-0.4, -0.2) is 21.8 Å². The average Bonchev–Trinajstić information content (AvgIpc) is 3.30. The lowest BCUT2D eigenvalue weighted by atomic mass is 10.1. The largest absolute Gasteiger partial charge is 0.331 e. The van der Waals surface area contributed by atoms with Gasteiger partial charge in [0.15, 0.2) is 0 Å². The number of H-pyrrole nitrogens is 1. The maximum Gasteiger partial charge on any atom is 0.260 e. The first-order valence-electron chi connectivity index (χ1n) is 7.40. The highest BCUT2D eigenvalue weighted by atomic mass is 19.1. The van der Waals surface area contributed by atoms with E-state index in [1.807, 2.05) is 0 Å². The molecule has 0 aliphatic heterocycles. The van der Waals surface area contributed by atoms with Crippen LogP contribution in [0.15, 0.2) is 35.1 Å². The number of carbonyl (C=O) groups is 1. The molecule has 1 amide bonds. The smallest absolute Gasteiger partial charge is 0.260 e. The Morgan fingerprint density at radius 3 is 2.61 bits per heavy atom. The van der Waals surface area contributed by atoms with Crippen molar-refractivity contribution in [2.45, 2.75) is 32.4 Å². The standard InChI is InChI=1S/C17H16F2N2O2/c1-10-2-7-14(16(22)20-10)17(23)21(13-5-6-13)9-11-3-4-12(18)8-15(11)19/h2-4,7-8,13H,5-6,9H2,1H3,(H,20,22). The van der Waals surface area contributed by atoms with Crippen LogP contribution in [0.2, 0.25) is 0 Å². The molecule has 0 saturated heterocycles. The molecular weight excluding hydrogens is 302 g/mol. The molecule has 1 fully saturated rings. The molecule has 1 aliphatic rings. The van der Waals surface area contributed by atoms with Gasteiger partial charge in [-0.15, -0.1) is 0 Å². The minimum absolute atomic E-state index is 0.00680. The zero-order chi connectivity index (χ0) is 16.6. The topological polar surface area (TPSA) is 53.2 Å². The number of halogens is 2. The summed E-state index contributed by atoms with van der Waals surface area (Å²) in [5.74, 6) is -1.79. The lowest BCUT2D eigenvalue weighted by Gasteiger charge is -2.22. The Bertz CT molecular complexity index is 812. The van der Waals surface area contributed by atoms with Crippen molar-refractivity contribution in [2.24, 2.45) is 0 Å². The molecule has 1 aromatic heterocycles. The first-order valence-corrected chi connectivity index (χ1v) is 7.40. The molecule has 1 heterocycles. The fourth-order valence-corrected chi connectivity index (χ4v) is 2.48. The Morgan fingerprint density at radius 1 is 1.26 bits per heavy atom. The molecule has 1 aliphatic carbocycles. The molecular formula is C17H16F2N2O2. The highest BCUT2D eigenvalue weighted by molar-refractivity contribution is 5.94. The number of rotatable bonds is 4. The summed E-state index contributed by atoms with van der Waals surface area (Å²) in [6.45, 7) is 1.74. The Balaban J connectivity index is 1.89. The van der Waals surface area contributed by atoms with Gasteiger partial charge in [-0.1, -0.05) is 6.07 Å². The van der Waals surface area contributed by atoms with E-state index in [1.54, 1.807) is 13.0 Å². The fraction of sp³-hybridized carbons (Fsp3) is 0.294. The molecule has 0 spiro atoms. The zero-order valence-corrected chi connectivity index (χ0v) is 12.6. The number of benzene rings is 1. The molecule has 3 rings (SSSR count). The van der Waals surface area contributed by atoms with Crippen molar-refractivity contribution < 1.29 is 13.6 Å². The van der Waals surface area contributed by atoms with Gasteiger partial charge in [-0.05, 0) is 38.0 Å². The number of amides is 1. The van der Waals surface area contributed by atoms with Crippen molar-refractivity contribution in [3.8, 4) is 0 Å². The molecule has 0 atom stereocenters. The maximum absolute atomic E-state index is 13.8. The molecule has 6 heteroatoms. The first-order chi connectivity index (χ1) is 11.0. The van der Waals surface area contributed by atoms with E-state index >= 15 is 0 Å². The van der Waals surface area contributed by atoms with Gasteiger partial charge >= 0.3 is 0 Å².